The van der Waals surface area contributed by atoms with Crippen LogP contribution in [0.3, 0.4) is 0 Å². The largest absolute Gasteiger partial charge is 0.463 e. The Balaban J connectivity index is 1.65. The van der Waals surface area contributed by atoms with E-state index in [4.69, 9.17) is 25.8 Å². The Morgan fingerprint density at radius 3 is 2.60 bits per heavy atom. The highest BCUT2D eigenvalue weighted by Crippen LogP contribution is 2.33. The Labute approximate surface area is 236 Å². The molecular weight excluding hydrogens is 508 g/mol. The summed E-state index contributed by atoms with van der Waals surface area (Å²) in [6.45, 7) is 11.2. The number of nitrogens with zero attached hydrogens (tertiary/aromatic N) is 6. The second-order valence-electron chi connectivity index (χ2n) is 10.6. The first kappa shape index (κ1) is 28.8. The average molecular weight is 550 g/mol. The number of anilines is 3. The van der Waals surface area contributed by atoms with Crippen LogP contribution >= 0.6 is 0 Å². The van der Waals surface area contributed by atoms with E-state index in [1.54, 1.807) is 20.3 Å². The summed E-state index contributed by atoms with van der Waals surface area (Å²) in [4.78, 5) is 42.0. The summed E-state index contributed by atoms with van der Waals surface area (Å²) < 4.78 is 5.93. The third-order valence-electron chi connectivity index (χ3n) is 7.67. The zero-order valence-corrected chi connectivity index (χ0v) is 24.0. The van der Waals surface area contributed by atoms with Crippen molar-refractivity contribution in [2.75, 3.05) is 69.0 Å². The van der Waals surface area contributed by atoms with Gasteiger partial charge in [0.25, 0.3) is 0 Å². The monoisotopic (exact) mass is 549 g/mol. The second kappa shape index (κ2) is 12.4. The molecule has 0 spiro atoms. The summed E-state index contributed by atoms with van der Waals surface area (Å²) in [6, 6.07) is 4.16. The van der Waals surface area contributed by atoms with Crippen LogP contribution in [0.5, 0.6) is 6.01 Å². The van der Waals surface area contributed by atoms with Crippen LogP contribution < -0.4 is 25.7 Å². The third kappa shape index (κ3) is 6.03. The lowest BCUT2D eigenvalue weighted by Crippen LogP contribution is -2.54. The first-order chi connectivity index (χ1) is 19.1. The number of ether oxygens (including phenoxy) is 1. The Morgan fingerprint density at radius 1 is 1.18 bits per heavy atom. The fraction of sp³-hybridized carbons (Fsp3) is 0.483. The quantitative estimate of drug-likeness (QED) is 0.272. The van der Waals surface area contributed by atoms with Crippen LogP contribution in [0.15, 0.2) is 24.8 Å². The first-order valence-corrected chi connectivity index (χ1v) is 13.7. The molecular formula is C29H41N8O3+. The molecule has 0 radical (unpaired) electrons. The molecule has 0 bridgehead atoms. The van der Waals surface area contributed by atoms with Gasteiger partial charge in [0.15, 0.2) is 6.21 Å². The number of nitrogens with two attached hydrogens (primary N) is 2. The predicted molar refractivity (Wildman–Crippen MR) is 157 cm³/mol. The second-order valence-corrected chi connectivity index (χ2v) is 10.6. The van der Waals surface area contributed by atoms with Crippen LogP contribution in [0, 0.1) is 6.92 Å². The van der Waals surface area contributed by atoms with Crippen LogP contribution in [-0.4, -0.2) is 97.3 Å². The molecule has 2 aliphatic heterocycles. The summed E-state index contributed by atoms with van der Waals surface area (Å²) in [5, 5.41) is 6.00. The van der Waals surface area contributed by atoms with Crippen LogP contribution in [0.1, 0.15) is 35.7 Å². The molecule has 1 aromatic heterocycles. The van der Waals surface area contributed by atoms with E-state index in [0.29, 0.717) is 31.7 Å². The van der Waals surface area contributed by atoms with Crippen LogP contribution in [0.4, 0.5) is 17.2 Å². The third-order valence-corrected chi connectivity index (χ3v) is 7.67. The van der Waals surface area contributed by atoms with Gasteiger partial charge in [0.05, 0.1) is 23.4 Å². The number of piperazine rings is 1. The minimum absolute atomic E-state index is 0.00758. The highest BCUT2D eigenvalue weighted by Gasteiger charge is 2.31. The van der Waals surface area contributed by atoms with Crippen LogP contribution in [0.2, 0.25) is 0 Å². The summed E-state index contributed by atoms with van der Waals surface area (Å²) in [6.07, 6.45) is 4.59. The molecule has 0 saturated carbocycles. The van der Waals surface area contributed by atoms with Gasteiger partial charge in [-0.3, -0.25) is 15.0 Å². The number of carbonyl (C=O) groups excluding carboxylic acids is 2. The van der Waals surface area contributed by atoms with Gasteiger partial charge in [-0.25, -0.2) is 0 Å². The minimum atomic E-state index is -0.0658. The molecule has 1 aromatic carbocycles. The van der Waals surface area contributed by atoms with E-state index < -0.39 is 0 Å². The summed E-state index contributed by atoms with van der Waals surface area (Å²) >= 11 is 0. The number of aromatic nitrogens is 2. The maximum atomic E-state index is 12.3. The molecule has 11 nitrogen and oxygen atoms in total. The molecule has 4 N–H and O–H groups in total. The summed E-state index contributed by atoms with van der Waals surface area (Å²) in [5.41, 5.74) is 11.9. The summed E-state index contributed by atoms with van der Waals surface area (Å²) in [7, 11) is 3.44. The van der Waals surface area contributed by atoms with Gasteiger partial charge < -0.3 is 30.1 Å². The molecule has 2 amide bonds. The fourth-order valence-electron chi connectivity index (χ4n) is 5.48. The van der Waals surface area contributed by atoms with E-state index in [1.165, 1.54) is 11.0 Å². The lowest BCUT2D eigenvalue weighted by molar-refractivity contribution is -0.129. The Hall–Kier alpha value is -4.15. The zero-order chi connectivity index (χ0) is 29.0. The molecule has 40 heavy (non-hydrogen) atoms. The highest BCUT2D eigenvalue weighted by molar-refractivity contribution is 5.93. The average Bonchev–Trinajstić information content (AvgIpc) is 3.15. The fourth-order valence-corrected chi connectivity index (χ4v) is 5.48. The molecule has 2 aromatic rings. The molecule has 11 heteroatoms. The van der Waals surface area contributed by atoms with E-state index in [1.807, 2.05) is 24.0 Å². The smallest absolute Gasteiger partial charge is 0.318 e. The predicted octanol–water partition coefficient (Wildman–Crippen LogP) is 0.231. The SMILES string of the molecule is C=CC(=O)N1CCN(c2nc(OCCC(=O)N(C)C)nc3c2CCN(c2c(C)ccc(N)c2C=[NH2+])CC3)C[C@H]1C. The zero-order valence-electron chi connectivity index (χ0n) is 24.0. The van der Waals surface area contributed by atoms with Crippen molar-refractivity contribution in [3.05, 3.63) is 47.2 Å². The van der Waals surface area contributed by atoms with Gasteiger partial charge in [0.2, 0.25) is 11.8 Å². The van der Waals surface area contributed by atoms with Gasteiger partial charge in [0, 0.05) is 70.5 Å². The molecule has 2 aliphatic rings. The molecule has 1 fully saturated rings. The van der Waals surface area contributed by atoms with E-state index >= 15 is 0 Å². The van der Waals surface area contributed by atoms with Crippen molar-refractivity contribution < 1.29 is 19.7 Å². The van der Waals surface area contributed by atoms with E-state index in [-0.39, 0.29) is 36.9 Å². The van der Waals surface area contributed by atoms with Gasteiger partial charge in [-0.2, -0.15) is 9.97 Å². The molecule has 214 valence electrons. The van der Waals surface area contributed by atoms with Gasteiger partial charge in [-0.05, 0) is 38.0 Å². The van der Waals surface area contributed by atoms with E-state index in [9.17, 15) is 9.59 Å². The molecule has 4 rings (SSSR count). The van der Waals surface area contributed by atoms with Crippen molar-refractivity contribution in [1.82, 2.24) is 19.8 Å². The molecule has 1 saturated heterocycles. The van der Waals surface area contributed by atoms with E-state index in [0.717, 1.165) is 53.4 Å². The topological polar surface area (TPSA) is 134 Å². The van der Waals surface area contributed by atoms with E-state index in [2.05, 4.69) is 23.3 Å². The minimum Gasteiger partial charge on any atom is -0.463 e. The maximum absolute atomic E-state index is 12.3. The number of hydrogen-bond donors (Lipinski definition) is 2. The standard InChI is InChI=1S/C29H40N8O3/c1-6-25(38)37-15-14-36(18-20(37)3)28-21-9-12-35(27-19(2)7-8-23(31)22(27)17-30)13-10-24(21)32-29(33-28)40-16-11-26(39)34(4)5/h6-8,17,20,30H,1,9-16,18,31H2,2-5H3/p+1/t20-/m1/s1. The van der Waals surface area contributed by atoms with Crippen molar-refractivity contribution in [2.24, 2.45) is 0 Å². The van der Waals surface area contributed by atoms with Crippen molar-refractivity contribution >= 4 is 35.2 Å². The number of rotatable bonds is 8. The number of amides is 2. The van der Waals surface area contributed by atoms with Crippen molar-refractivity contribution in [1.29, 1.82) is 0 Å². The Morgan fingerprint density at radius 2 is 1.93 bits per heavy atom. The molecule has 3 heterocycles. The molecule has 1 atom stereocenters. The van der Waals surface area contributed by atoms with Crippen LogP contribution in [0.25, 0.3) is 0 Å². The van der Waals surface area contributed by atoms with Gasteiger partial charge >= 0.3 is 6.01 Å². The van der Waals surface area contributed by atoms with Crippen molar-refractivity contribution in [2.45, 2.75) is 39.2 Å². The summed E-state index contributed by atoms with van der Waals surface area (Å²) in [5.74, 6) is 0.740. The van der Waals surface area contributed by atoms with Crippen LogP contribution in [-0.2, 0) is 22.4 Å². The lowest BCUT2D eigenvalue weighted by Gasteiger charge is -2.40. The molecule has 0 aliphatic carbocycles. The Kier molecular flexibility index (Phi) is 8.91. The number of fused-ring (bicyclic) bond motifs is 1. The Bertz CT molecular complexity index is 1290. The number of carbonyl (C=O) groups is 2. The normalized spacial score (nSPS) is 17.1. The highest BCUT2D eigenvalue weighted by atomic mass is 16.5. The lowest BCUT2D eigenvalue weighted by atomic mass is 10.0. The van der Waals surface area contributed by atoms with Crippen molar-refractivity contribution in [3.8, 4) is 6.01 Å². The number of nitrogen functional groups attached to an aromatic ring is 1. The number of aryl methyl sites for hydroxylation is 1. The first-order valence-electron chi connectivity index (χ1n) is 13.7. The maximum Gasteiger partial charge on any atom is 0.318 e. The van der Waals surface area contributed by atoms with Gasteiger partial charge in [0.1, 0.15) is 12.4 Å². The van der Waals surface area contributed by atoms with Gasteiger partial charge in [-0.1, -0.05) is 12.6 Å². The van der Waals surface area contributed by atoms with Gasteiger partial charge in [-0.15, -0.1) is 0 Å². The molecule has 0 unspecified atom stereocenters. The number of benzene rings is 1. The number of hydrogen-bond acceptors (Lipinski definition) is 8. The van der Waals surface area contributed by atoms with Crippen molar-refractivity contribution in [3.63, 3.8) is 0 Å².